The zero-order valence-corrected chi connectivity index (χ0v) is 17.4. The minimum Gasteiger partial charge on any atom is -0.493 e. The molecule has 0 aliphatic carbocycles. The van der Waals surface area contributed by atoms with Crippen LogP contribution in [0.15, 0.2) is 46.9 Å². The van der Waals surface area contributed by atoms with Gasteiger partial charge in [0.25, 0.3) is 5.91 Å². The van der Waals surface area contributed by atoms with E-state index in [-0.39, 0.29) is 12.0 Å². The van der Waals surface area contributed by atoms with E-state index >= 15 is 0 Å². The predicted molar refractivity (Wildman–Crippen MR) is 114 cm³/mol. The quantitative estimate of drug-likeness (QED) is 0.627. The molecule has 4 rings (SSSR count). The molecular formula is C24H27NO5. The Kier molecular flexibility index (Phi) is 6.35. The summed E-state index contributed by atoms with van der Waals surface area (Å²) in [6.45, 7) is 4.40. The Hall–Kier alpha value is -2.83. The van der Waals surface area contributed by atoms with E-state index in [0.29, 0.717) is 30.2 Å². The van der Waals surface area contributed by atoms with Gasteiger partial charge in [-0.2, -0.15) is 0 Å². The molecule has 158 valence electrons. The fourth-order valence-corrected chi connectivity index (χ4v) is 3.74. The van der Waals surface area contributed by atoms with Crippen molar-refractivity contribution in [3.8, 4) is 5.75 Å². The van der Waals surface area contributed by atoms with Crippen LogP contribution in [0.4, 0.5) is 0 Å². The van der Waals surface area contributed by atoms with Crippen LogP contribution in [0.25, 0.3) is 11.0 Å². The van der Waals surface area contributed by atoms with Crippen LogP contribution in [0.3, 0.4) is 0 Å². The minimum atomic E-state index is -0.241. The molecule has 0 spiro atoms. The first kappa shape index (κ1) is 20.4. The largest absolute Gasteiger partial charge is 0.493 e. The molecule has 1 N–H and O–H groups in total. The number of ether oxygens (including phenoxy) is 3. The first-order valence-corrected chi connectivity index (χ1v) is 10.3. The molecule has 0 unspecified atom stereocenters. The lowest BCUT2D eigenvalue weighted by atomic mass is 10.1. The lowest BCUT2D eigenvalue weighted by Crippen LogP contribution is -2.23. The molecule has 0 bridgehead atoms. The van der Waals surface area contributed by atoms with Crippen LogP contribution in [0.5, 0.6) is 5.75 Å². The Labute approximate surface area is 176 Å². The first-order valence-electron chi connectivity index (χ1n) is 10.3. The molecule has 1 amide bonds. The first-order chi connectivity index (χ1) is 14.7. The number of aryl methyl sites for hydroxylation is 1. The molecule has 1 fully saturated rings. The SMILES string of the molecule is COc1cccc2c(C)c(C(=O)NCc3cccc(COC4CCOCC4)c3)oc12. The number of hydrogen-bond acceptors (Lipinski definition) is 5. The van der Waals surface area contributed by atoms with Gasteiger partial charge in [-0.25, -0.2) is 0 Å². The maximum Gasteiger partial charge on any atom is 0.287 e. The zero-order chi connectivity index (χ0) is 20.9. The summed E-state index contributed by atoms with van der Waals surface area (Å²) in [7, 11) is 1.59. The molecule has 1 aromatic heterocycles. The number of carbonyl (C=O) groups excluding carboxylic acids is 1. The van der Waals surface area contributed by atoms with Crippen LogP contribution in [-0.4, -0.2) is 32.3 Å². The van der Waals surface area contributed by atoms with Gasteiger partial charge in [-0.15, -0.1) is 0 Å². The standard InChI is InChI=1S/C24H27NO5/c1-16-20-7-4-8-21(27-2)23(20)30-22(16)24(26)25-14-17-5-3-6-18(13-17)15-29-19-9-11-28-12-10-19/h3-8,13,19H,9-12,14-15H2,1-2H3,(H,25,26). The van der Waals surface area contributed by atoms with Crippen molar-refractivity contribution in [1.82, 2.24) is 5.32 Å². The third kappa shape index (κ3) is 4.50. The Morgan fingerprint density at radius 1 is 1.13 bits per heavy atom. The summed E-state index contributed by atoms with van der Waals surface area (Å²) < 4.78 is 22.5. The van der Waals surface area contributed by atoms with Gasteiger partial charge in [-0.3, -0.25) is 4.79 Å². The summed E-state index contributed by atoms with van der Waals surface area (Å²) in [5.74, 6) is 0.690. The highest BCUT2D eigenvalue weighted by molar-refractivity contribution is 6.00. The van der Waals surface area contributed by atoms with Gasteiger partial charge in [-0.05, 0) is 37.0 Å². The zero-order valence-electron chi connectivity index (χ0n) is 17.4. The van der Waals surface area contributed by atoms with Gasteiger partial charge in [0.15, 0.2) is 17.1 Å². The molecule has 6 heteroatoms. The topological polar surface area (TPSA) is 69.9 Å². The lowest BCUT2D eigenvalue weighted by molar-refractivity contribution is -0.0390. The highest BCUT2D eigenvalue weighted by Crippen LogP contribution is 2.32. The van der Waals surface area contributed by atoms with Crippen molar-refractivity contribution in [3.05, 3.63) is 64.9 Å². The normalized spacial score (nSPS) is 14.7. The second-order valence-corrected chi connectivity index (χ2v) is 7.52. The van der Waals surface area contributed by atoms with Crippen LogP contribution in [-0.2, 0) is 22.6 Å². The number of amides is 1. The molecule has 0 saturated carbocycles. The molecule has 2 heterocycles. The number of nitrogens with one attached hydrogen (secondary N) is 1. The summed E-state index contributed by atoms with van der Waals surface area (Å²) in [6.07, 6.45) is 2.14. The highest BCUT2D eigenvalue weighted by atomic mass is 16.5. The van der Waals surface area contributed by atoms with Crippen LogP contribution >= 0.6 is 0 Å². The second-order valence-electron chi connectivity index (χ2n) is 7.52. The van der Waals surface area contributed by atoms with E-state index in [9.17, 15) is 4.79 Å². The van der Waals surface area contributed by atoms with Crippen molar-refractivity contribution < 1.29 is 23.4 Å². The van der Waals surface area contributed by atoms with Gasteiger partial charge >= 0.3 is 0 Å². The van der Waals surface area contributed by atoms with Gasteiger partial charge in [0.1, 0.15) is 0 Å². The van der Waals surface area contributed by atoms with Crippen molar-refractivity contribution in [2.24, 2.45) is 0 Å². The van der Waals surface area contributed by atoms with E-state index in [1.807, 2.05) is 43.3 Å². The predicted octanol–water partition coefficient (Wildman–Crippen LogP) is 4.38. The average molecular weight is 409 g/mol. The molecule has 1 saturated heterocycles. The molecule has 0 atom stereocenters. The van der Waals surface area contributed by atoms with Crippen LogP contribution in [0, 0.1) is 6.92 Å². The number of furan rings is 1. The smallest absolute Gasteiger partial charge is 0.287 e. The minimum absolute atomic E-state index is 0.241. The van der Waals surface area contributed by atoms with Gasteiger partial charge in [0.2, 0.25) is 0 Å². The van der Waals surface area contributed by atoms with Crippen LogP contribution in [0.1, 0.15) is 40.1 Å². The fraction of sp³-hybridized carbons (Fsp3) is 0.375. The summed E-state index contributed by atoms with van der Waals surface area (Å²) in [4.78, 5) is 12.7. The molecule has 3 aromatic rings. The number of methoxy groups -OCH3 is 1. The van der Waals surface area contributed by atoms with E-state index in [0.717, 1.165) is 48.1 Å². The van der Waals surface area contributed by atoms with Crippen molar-refractivity contribution in [2.75, 3.05) is 20.3 Å². The number of fused-ring (bicyclic) bond motifs is 1. The summed E-state index contributed by atoms with van der Waals surface area (Å²) in [5, 5.41) is 3.84. The van der Waals surface area contributed by atoms with E-state index in [1.165, 1.54) is 0 Å². The van der Waals surface area contributed by atoms with E-state index in [1.54, 1.807) is 7.11 Å². The Balaban J connectivity index is 1.39. The highest BCUT2D eigenvalue weighted by Gasteiger charge is 2.19. The molecule has 1 aliphatic heterocycles. The Morgan fingerprint density at radius 2 is 1.90 bits per heavy atom. The number of hydrogen-bond donors (Lipinski definition) is 1. The summed E-state index contributed by atoms with van der Waals surface area (Å²) in [6, 6.07) is 13.7. The van der Waals surface area contributed by atoms with Crippen molar-refractivity contribution in [2.45, 2.75) is 39.0 Å². The third-order valence-electron chi connectivity index (χ3n) is 5.45. The number of rotatable bonds is 7. The molecule has 2 aromatic carbocycles. The summed E-state index contributed by atoms with van der Waals surface area (Å²) >= 11 is 0. The van der Waals surface area contributed by atoms with E-state index < -0.39 is 0 Å². The van der Waals surface area contributed by atoms with Gasteiger partial charge < -0.3 is 23.9 Å². The maximum absolute atomic E-state index is 12.7. The van der Waals surface area contributed by atoms with Crippen molar-refractivity contribution in [1.29, 1.82) is 0 Å². The van der Waals surface area contributed by atoms with Crippen molar-refractivity contribution >= 4 is 16.9 Å². The van der Waals surface area contributed by atoms with Gasteiger partial charge in [0.05, 0.1) is 19.8 Å². The van der Waals surface area contributed by atoms with Gasteiger partial charge in [-0.1, -0.05) is 36.4 Å². The van der Waals surface area contributed by atoms with Crippen molar-refractivity contribution in [3.63, 3.8) is 0 Å². The van der Waals surface area contributed by atoms with E-state index in [2.05, 4.69) is 11.4 Å². The van der Waals surface area contributed by atoms with Crippen LogP contribution in [0.2, 0.25) is 0 Å². The average Bonchev–Trinajstić information content (AvgIpc) is 3.14. The number of benzene rings is 2. The molecule has 30 heavy (non-hydrogen) atoms. The second kappa shape index (κ2) is 9.32. The van der Waals surface area contributed by atoms with E-state index in [4.69, 9.17) is 18.6 Å². The van der Waals surface area contributed by atoms with Crippen LogP contribution < -0.4 is 10.1 Å². The summed E-state index contributed by atoms with van der Waals surface area (Å²) in [5.41, 5.74) is 3.51. The molecular weight excluding hydrogens is 382 g/mol. The van der Waals surface area contributed by atoms with Gasteiger partial charge in [0, 0.05) is 30.7 Å². The fourth-order valence-electron chi connectivity index (χ4n) is 3.74. The molecule has 6 nitrogen and oxygen atoms in total. The Morgan fingerprint density at radius 3 is 2.70 bits per heavy atom. The molecule has 0 radical (unpaired) electrons. The lowest BCUT2D eigenvalue weighted by Gasteiger charge is -2.22. The third-order valence-corrected chi connectivity index (χ3v) is 5.45. The number of para-hydroxylation sites is 1. The number of carbonyl (C=O) groups is 1. The Bertz CT molecular complexity index is 1020. The maximum atomic E-state index is 12.7. The molecule has 1 aliphatic rings. The monoisotopic (exact) mass is 409 g/mol.